The molecule has 2 aromatic carbocycles. The van der Waals surface area contributed by atoms with Crippen LogP contribution in [0, 0.1) is 11.3 Å². The Balaban J connectivity index is 1.42. The molecule has 1 saturated heterocycles. The molecule has 0 spiro atoms. The summed E-state index contributed by atoms with van der Waals surface area (Å²) in [6.45, 7) is 6.59. The van der Waals surface area contributed by atoms with Crippen molar-refractivity contribution in [2.24, 2.45) is 11.3 Å². The van der Waals surface area contributed by atoms with Crippen LogP contribution in [0.4, 0.5) is 4.79 Å². The number of hydrogen-bond donors (Lipinski definition) is 2. The highest BCUT2D eigenvalue weighted by Gasteiger charge is 2.38. The quantitative estimate of drug-likeness (QED) is 0.689. The number of nitrogens with zero attached hydrogens (tertiary/aromatic N) is 1. The van der Waals surface area contributed by atoms with E-state index in [2.05, 4.69) is 29.6 Å². The average Bonchev–Trinajstić information content (AvgIpc) is 3.14. The molecule has 1 unspecified atom stereocenters. The number of carbonyl (C=O) groups is 3. The summed E-state index contributed by atoms with van der Waals surface area (Å²) >= 11 is 0. The van der Waals surface area contributed by atoms with Crippen LogP contribution in [0.1, 0.15) is 50.7 Å². The summed E-state index contributed by atoms with van der Waals surface area (Å²) in [6, 6.07) is 15.5. The maximum absolute atomic E-state index is 13.3. The van der Waals surface area contributed by atoms with Gasteiger partial charge in [0.1, 0.15) is 12.6 Å². The van der Waals surface area contributed by atoms with Gasteiger partial charge in [0, 0.05) is 19.0 Å². The third-order valence-corrected chi connectivity index (χ3v) is 6.87. The minimum Gasteiger partial charge on any atom is -0.481 e. The topological polar surface area (TPSA) is 95.9 Å². The molecule has 0 bridgehead atoms. The molecule has 1 atom stereocenters. The third-order valence-electron chi connectivity index (χ3n) is 6.87. The molecule has 2 N–H and O–H groups in total. The molecule has 1 fully saturated rings. The minimum absolute atomic E-state index is 0.0583. The number of fused-ring (bicyclic) bond motifs is 3. The van der Waals surface area contributed by atoms with Gasteiger partial charge in [0.25, 0.3) is 0 Å². The Morgan fingerprint density at radius 3 is 2.03 bits per heavy atom. The van der Waals surface area contributed by atoms with Gasteiger partial charge in [-0.3, -0.25) is 9.59 Å². The third kappa shape index (κ3) is 4.79. The maximum Gasteiger partial charge on any atom is 0.407 e. The highest BCUT2D eigenvalue weighted by molar-refractivity contribution is 5.87. The first-order valence-electron chi connectivity index (χ1n) is 11.8. The molecule has 7 heteroatoms. The van der Waals surface area contributed by atoms with Gasteiger partial charge < -0.3 is 20.1 Å². The van der Waals surface area contributed by atoms with Gasteiger partial charge in [-0.2, -0.15) is 0 Å². The van der Waals surface area contributed by atoms with E-state index in [4.69, 9.17) is 4.74 Å². The van der Waals surface area contributed by atoms with Crippen molar-refractivity contribution in [2.45, 2.75) is 45.6 Å². The summed E-state index contributed by atoms with van der Waals surface area (Å²) < 4.78 is 5.65. The number of benzene rings is 2. The number of carboxylic acids is 1. The van der Waals surface area contributed by atoms with E-state index in [0.29, 0.717) is 25.9 Å². The molecule has 180 valence electrons. The number of piperidine rings is 1. The molecule has 1 aliphatic carbocycles. The van der Waals surface area contributed by atoms with Crippen molar-refractivity contribution >= 4 is 18.0 Å². The lowest BCUT2D eigenvalue weighted by molar-refractivity contribution is -0.146. The first-order chi connectivity index (χ1) is 16.2. The molecule has 2 aromatic rings. The van der Waals surface area contributed by atoms with E-state index >= 15 is 0 Å². The molecule has 7 nitrogen and oxygen atoms in total. The monoisotopic (exact) mass is 464 g/mol. The van der Waals surface area contributed by atoms with Crippen molar-refractivity contribution in [3.63, 3.8) is 0 Å². The number of rotatable bonds is 5. The van der Waals surface area contributed by atoms with E-state index in [9.17, 15) is 19.5 Å². The minimum atomic E-state index is -0.823. The fourth-order valence-corrected chi connectivity index (χ4v) is 4.94. The van der Waals surface area contributed by atoms with E-state index in [1.54, 1.807) is 4.90 Å². The molecule has 0 radical (unpaired) electrons. The zero-order valence-electron chi connectivity index (χ0n) is 19.9. The second-order valence-corrected chi connectivity index (χ2v) is 10.2. The number of carboxylic acid groups (broad SMARTS) is 1. The van der Waals surface area contributed by atoms with E-state index in [1.807, 2.05) is 45.0 Å². The Hall–Kier alpha value is -3.35. The van der Waals surface area contributed by atoms with Crippen molar-refractivity contribution in [3.8, 4) is 11.1 Å². The van der Waals surface area contributed by atoms with Gasteiger partial charge in [0.05, 0.1) is 5.92 Å². The van der Waals surface area contributed by atoms with E-state index in [0.717, 1.165) is 22.3 Å². The van der Waals surface area contributed by atoms with E-state index in [-0.39, 0.29) is 18.4 Å². The predicted octanol–water partition coefficient (Wildman–Crippen LogP) is 4.26. The number of likely N-dealkylation sites (tertiary alicyclic amines) is 1. The second kappa shape index (κ2) is 9.49. The molecule has 34 heavy (non-hydrogen) atoms. The SMILES string of the molecule is CC(C)(C)C(NC(=O)OCC1c2ccccc2-c2ccccc21)C(=O)N1CCC(C(=O)O)CC1. The number of ether oxygens (including phenoxy) is 1. The number of hydrogen-bond acceptors (Lipinski definition) is 4. The van der Waals surface area contributed by atoms with Crippen LogP contribution >= 0.6 is 0 Å². The summed E-state index contributed by atoms with van der Waals surface area (Å²) in [4.78, 5) is 39.0. The van der Waals surface area contributed by atoms with Crippen LogP contribution in [0.25, 0.3) is 11.1 Å². The smallest absolute Gasteiger partial charge is 0.407 e. The zero-order valence-corrected chi connectivity index (χ0v) is 19.9. The summed E-state index contributed by atoms with van der Waals surface area (Å²) in [5.41, 5.74) is 4.02. The number of nitrogens with one attached hydrogen (secondary N) is 1. The summed E-state index contributed by atoms with van der Waals surface area (Å²) in [5.74, 6) is -1.51. The summed E-state index contributed by atoms with van der Waals surface area (Å²) in [7, 11) is 0. The van der Waals surface area contributed by atoms with Gasteiger partial charge >= 0.3 is 12.1 Å². The van der Waals surface area contributed by atoms with Crippen LogP contribution in [0.2, 0.25) is 0 Å². The van der Waals surface area contributed by atoms with Crippen LogP contribution in [0.5, 0.6) is 0 Å². The summed E-state index contributed by atoms with van der Waals surface area (Å²) in [6.07, 6.45) is 0.210. The Kier molecular flexibility index (Phi) is 6.64. The highest BCUT2D eigenvalue weighted by atomic mass is 16.5. The van der Waals surface area contributed by atoms with Gasteiger partial charge in [0.15, 0.2) is 0 Å². The molecule has 2 aliphatic rings. The van der Waals surface area contributed by atoms with Crippen LogP contribution in [-0.2, 0) is 14.3 Å². The van der Waals surface area contributed by atoms with Crippen molar-refractivity contribution in [1.29, 1.82) is 0 Å². The molecule has 0 aromatic heterocycles. The van der Waals surface area contributed by atoms with E-state index in [1.165, 1.54) is 0 Å². The normalized spacial score (nSPS) is 17.0. The van der Waals surface area contributed by atoms with Crippen LogP contribution in [-0.4, -0.2) is 53.7 Å². The fraction of sp³-hybridized carbons (Fsp3) is 0.444. The van der Waals surface area contributed by atoms with Crippen LogP contribution in [0.15, 0.2) is 48.5 Å². The molecule has 1 aliphatic heterocycles. The first kappa shape index (κ1) is 23.8. The average molecular weight is 465 g/mol. The zero-order chi connectivity index (χ0) is 24.5. The lowest BCUT2D eigenvalue weighted by Crippen LogP contribution is -2.56. The molecule has 4 rings (SSSR count). The highest BCUT2D eigenvalue weighted by Crippen LogP contribution is 2.44. The van der Waals surface area contributed by atoms with Gasteiger partial charge in [-0.25, -0.2) is 4.79 Å². The van der Waals surface area contributed by atoms with Crippen molar-refractivity contribution in [2.75, 3.05) is 19.7 Å². The van der Waals surface area contributed by atoms with Gasteiger partial charge in [-0.05, 0) is 40.5 Å². The lowest BCUT2D eigenvalue weighted by Gasteiger charge is -2.37. The fourth-order valence-electron chi connectivity index (χ4n) is 4.94. The number of amides is 2. The standard InChI is InChI=1S/C27H32N2O5/c1-27(2,3)23(24(30)29-14-12-17(13-15-29)25(31)32)28-26(33)34-16-22-20-10-6-4-8-18(20)19-9-5-7-11-21(19)22/h4-11,17,22-23H,12-16H2,1-3H3,(H,28,33)(H,31,32). The van der Waals surface area contributed by atoms with Crippen LogP contribution in [0.3, 0.4) is 0 Å². The van der Waals surface area contributed by atoms with Crippen LogP contribution < -0.4 is 5.32 Å². The van der Waals surface area contributed by atoms with Gasteiger partial charge in [-0.1, -0.05) is 69.3 Å². The van der Waals surface area contributed by atoms with E-state index < -0.39 is 29.4 Å². The number of alkyl carbamates (subject to hydrolysis) is 1. The largest absolute Gasteiger partial charge is 0.481 e. The maximum atomic E-state index is 13.3. The Morgan fingerprint density at radius 2 is 1.53 bits per heavy atom. The predicted molar refractivity (Wildman–Crippen MR) is 128 cm³/mol. The van der Waals surface area contributed by atoms with Crippen molar-refractivity contribution in [3.05, 3.63) is 59.7 Å². The van der Waals surface area contributed by atoms with Gasteiger partial charge in [0.2, 0.25) is 5.91 Å². The number of aliphatic carboxylic acids is 1. The molecular formula is C27H32N2O5. The number of carbonyl (C=O) groups excluding carboxylic acids is 2. The van der Waals surface area contributed by atoms with Crippen molar-refractivity contribution < 1.29 is 24.2 Å². The second-order valence-electron chi connectivity index (χ2n) is 10.2. The Labute approximate surface area is 200 Å². The molecule has 1 heterocycles. The molecular weight excluding hydrogens is 432 g/mol. The van der Waals surface area contributed by atoms with Crippen molar-refractivity contribution in [1.82, 2.24) is 10.2 Å². The Bertz CT molecular complexity index is 1040. The Morgan fingerprint density at radius 1 is 1.00 bits per heavy atom. The van der Waals surface area contributed by atoms with Gasteiger partial charge in [-0.15, -0.1) is 0 Å². The molecule has 2 amide bonds. The summed E-state index contributed by atoms with van der Waals surface area (Å²) in [5, 5.41) is 12.0. The lowest BCUT2D eigenvalue weighted by atomic mass is 9.85. The molecule has 0 saturated carbocycles. The first-order valence-corrected chi connectivity index (χ1v) is 11.8.